The fourth-order valence-electron chi connectivity index (χ4n) is 2.53. The van der Waals surface area contributed by atoms with Gasteiger partial charge in [0.25, 0.3) is 5.91 Å². The number of fused-ring (bicyclic) bond motifs is 1. The third-order valence-corrected chi connectivity index (χ3v) is 5.26. The highest BCUT2D eigenvalue weighted by atomic mass is 35.5. The first-order chi connectivity index (χ1) is 10.1. The van der Waals surface area contributed by atoms with Crippen molar-refractivity contribution >= 4 is 39.1 Å². The van der Waals surface area contributed by atoms with E-state index in [9.17, 15) is 4.79 Å². The molecule has 0 N–H and O–H groups in total. The van der Waals surface area contributed by atoms with E-state index < -0.39 is 0 Å². The molecular formula is C14H15ClN2O3S. The number of halogens is 1. The summed E-state index contributed by atoms with van der Waals surface area (Å²) in [5, 5.41) is 0.620. The summed E-state index contributed by atoms with van der Waals surface area (Å²) in [6.07, 6.45) is 1.47. The second kappa shape index (κ2) is 5.88. The maximum absolute atomic E-state index is 12.6. The Morgan fingerprint density at radius 3 is 2.62 bits per heavy atom. The second-order valence-corrected chi connectivity index (χ2v) is 6.34. The van der Waals surface area contributed by atoms with Crippen molar-refractivity contribution in [2.75, 3.05) is 27.3 Å². The lowest BCUT2D eigenvalue weighted by Crippen LogP contribution is -2.29. The van der Waals surface area contributed by atoms with E-state index in [0.717, 1.165) is 10.2 Å². The van der Waals surface area contributed by atoms with Gasteiger partial charge in [0.05, 0.1) is 20.1 Å². The van der Waals surface area contributed by atoms with Crippen LogP contribution in [-0.4, -0.2) is 55.3 Å². The van der Waals surface area contributed by atoms with Gasteiger partial charge in [-0.05, 0) is 12.1 Å². The van der Waals surface area contributed by atoms with Crippen LogP contribution in [0.5, 0.6) is 0 Å². The van der Waals surface area contributed by atoms with Gasteiger partial charge in [-0.3, -0.25) is 9.78 Å². The van der Waals surface area contributed by atoms with E-state index in [0.29, 0.717) is 23.0 Å². The molecule has 1 amide bonds. The van der Waals surface area contributed by atoms with E-state index in [1.54, 1.807) is 37.4 Å². The number of hydrogen-bond donors (Lipinski definition) is 0. The van der Waals surface area contributed by atoms with Crippen LogP contribution in [0.1, 0.15) is 9.67 Å². The lowest BCUT2D eigenvalue weighted by Gasteiger charge is -2.14. The van der Waals surface area contributed by atoms with Crippen molar-refractivity contribution in [2.24, 2.45) is 0 Å². The first-order valence-electron chi connectivity index (χ1n) is 6.53. The van der Waals surface area contributed by atoms with Crippen LogP contribution >= 0.6 is 22.9 Å². The summed E-state index contributed by atoms with van der Waals surface area (Å²) >= 11 is 7.50. The van der Waals surface area contributed by atoms with Gasteiger partial charge in [0.15, 0.2) is 0 Å². The number of carbonyl (C=O) groups is 1. The molecule has 0 saturated carbocycles. The van der Waals surface area contributed by atoms with Gasteiger partial charge in [-0.2, -0.15) is 0 Å². The monoisotopic (exact) mass is 326 g/mol. The van der Waals surface area contributed by atoms with Gasteiger partial charge in [-0.1, -0.05) is 11.6 Å². The Morgan fingerprint density at radius 2 is 2.05 bits per heavy atom. The number of rotatable bonds is 3. The Balaban J connectivity index is 1.86. The first kappa shape index (κ1) is 14.7. The number of hydrogen-bond acceptors (Lipinski definition) is 5. The van der Waals surface area contributed by atoms with Gasteiger partial charge >= 0.3 is 0 Å². The molecule has 5 nitrogen and oxygen atoms in total. The molecule has 21 heavy (non-hydrogen) atoms. The van der Waals surface area contributed by atoms with Crippen molar-refractivity contribution in [2.45, 2.75) is 12.2 Å². The molecule has 3 heterocycles. The summed E-state index contributed by atoms with van der Waals surface area (Å²) in [6, 6.07) is 3.52. The zero-order valence-corrected chi connectivity index (χ0v) is 13.3. The van der Waals surface area contributed by atoms with Crippen LogP contribution in [-0.2, 0) is 9.47 Å². The van der Waals surface area contributed by atoms with Gasteiger partial charge in [-0.15, -0.1) is 11.3 Å². The maximum atomic E-state index is 12.6. The van der Waals surface area contributed by atoms with Crippen molar-refractivity contribution in [1.29, 1.82) is 0 Å². The lowest BCUT2D eigenvalue weighted by atomic mass is 10.3. The van der Waals surface area contributed by atoms with Crippen LogP contribution in [0.4, 0.5) is 0 Å². The maximum Gasteiger partial charge on any atom is 0.264 e. The zero-order valence-electron chi connectivity index (χ0n) is 11.7. The molecule has 2 aromatic heterocycles. The highest BCUT2D eigenvalue weighted by Crippen LogP contribution is 2.31. The first-order valence-corrected chi connectivity index (χ1v) is 7.72. The number of aromatic nitrogens is 1. The highest BCUT2D eigenvalue weighted by molar-refractivity contribution is 7.21. The van der Waals surface area contributed by atoms with Crippen molar-refractivity contribution < 1.29 is 14.3 Å². The van der Waals surface area contributed by atoms with Crippen molar-refractivity contribution in [3.63, 3.8) is 0 Å². The van der Waals surface area contributed by atoms with Gasteiger partial charge in [-0.25, -0.2) is 0 Å². The van der Waals surface area contributed by atoms with Crippen LogP contribution in [0.2, 0.25) is 5.02 Å². The minimum atomic E-state index is -0.0879. The molecule has 0 aromatic carbocycles. The highest BCUT2D eigenvalue weighted by Gasteiger charge is 2.36. The molecule has 1 fully saturated rings. The molecule has 0 aliphatic carbocycles. The van der Waals surface area contributed by atoms with Crippen LogP contribution < -0.4 is 0 Å². The van der Waals surface area contributed by atoms with E-state index in [1.165, 1.54) is 11.3 Å². The fourth-order valence-corrected chi connectivity index (χ4v) is 3.79. The summed E-state index contributed by atoms with van der Waals surface area (Å²) in [6.45, 7) is 1.06. The summed E-state index contributed by atoms with van der Waals surface area (Å²) < 4.78 is 11.6. The van der Waals surface area contributed by atoms with Gasteiger partial charge in [0.1, 0.15) is 12.2 Å². The Morgan fingerprint density at radius 1 is 1.38 bits per heavy atom. The third-order valence-electron chi connectivity index (χ3n) is 3.68. The minimum absolute atomic E-state index is 0.0318. The predicted molar refractivity (Wildman–Crippen MR) is 82.1 cm³/mol. The molecule has 0 spiro atoms. The zero-order chi connectivity index (χ0) is 15.0. The molecule has 1 aliphatic rings. The van der Waals surface area contributed by atoms with E-state index >= 15 is 0 Å². The predicted octanol–water partition coefficient (Wildman–Crippen LogP) is 2.44. The number of methoxy groups -OCH3 is 2. The van der Waals surface area contributed by atoms with E-state index in [-0.39, 0.29) is 18.1 Å². The van der Waals surface area contributed by atoms with Gasteiger partial charge < -0.3 is 14.4 Å². The van der Waals surface area contributed by atoms with Crippen molar-refractivity contribution in [1.82, 2.24) is 9.88 Å². The number of pyridine rings is 1. The molecule has 0 radical (unpaired) electrons. The Labute approximate surface area is 131 Å². The summed E-state index contributed by atoms with van der Waals surface area (Å²) in [7, 11) is 3.27. The number of carbonyl (C=O) groups excluding carboxylic acids is 1. The average Bonchev–Trinajstić information content (AvgIpc) is 3.10. The number of amides is 1. The SMILES string of the molecule is CO[C@H]1CN(C(=O)c2cc3nccc(Cl)c3s2)C[C@@H]1OC. The third kappa shape index (κ3) is 2.64. The summed E-state index contributed by atoms with van der Waals surface area (Å²) in [5.74, 6) is -0.0318. The molecule has 1 saturated heterocycles. The molecule has 2 atom stereocenters. The number of ether oxygens (including phenoxy) is 2. The molecule has 7 heteroatoms. The molecule has 0 bridgehead atoms. The number of thiophene rings is 1. The van der Waals surface area contributed by atoms with Gasteiger partial charge in [0.2, 0.25) is 0 Å². The summed E-state index contributed by atoms with van der Waals surface area (Å²) in [4.78, 5) is 19.2. The van der Waals surface area contributed by atoms with E-state index in [4.69, 9.17) is 21.1 Å². The number of likely N-dealkylation sites (tertiary alicyclic amines) is 1. The van der Waals surface area contributed by atoms with Crippen LogP contribution in [0.25, 0.3) is 10.2 Å². The topological polar surface area (TPSA) is 51.7 Å². The molecule has 2 aromatic rings. The molecule has 0 unspecified atom stereocenters. The Kier molecular flexibility index (Phi) is 4.12. The van der Waals surface area contributed by atoms with Crippen LogP contribution in [0, 0.1) is 0 Å². The van der Waals surface area contributed by atoms with Crippen LogP contribution in [0.3, 0.4) is 0 Å². The Bertz CT molecular complexity index is 663. The molecular weight excluding hydrogens is 312 g/mol. The van der Waals surface area contributed by atoms with Crippen molar-refractivity contribution in [3.05, 3.63) is 28.2 Å². The smallest absolute Gasteiger partial charge is 0.264 e. The van der Waals surface area contributed by atoms with Crippen LogP contribution in [0.15, 0.2) is 18.3 Å². The minimum Gasteiger partial charge on any atom is -0.377 e. The second-order valence-electron chi connectivity index (χ2n) is 4.88. The average molecular weight is 327 g/mol. The Hall–Kier alpha value is -1.21. The largest absolute Gasteiger partial charge is 0.377 e. The van der Waals surface area contributed by atoms with E-state index in [2.05, 4.69) is 4.98 Å². The standard InChI is InChI=1S/C14H15ClN2O3S/c1-19-10-6-17(7-11(10)20-2)14(18)12-5-9-13(21-12)8(15)3-4-16-9/h3-5,10-11H,6-7H2,1-2H3/t10-,11-/m0/s1. The molecule has 112 valence electrons. The fraction of sp³-hybridized carbons (Fsp3) is 0.429. The van der Waals surface area contributed by atoms with Gasteiger partial charge in [0, 0.05) is 33.5 Å². The summed E-state index contributed by atoms with van der Waals surface area (Å²) in [5.41, 5.74) is 0.752. The van der Waals surface area contributed by atoms with E-state index in [1.807, 2.05) is 0 Å². The van der Waals surface area contributed by atoms with Crippen molar-refractivity contribution in [3.8, 4) is 0 Å². The lowest BCUT2D eigenvalue weighted by molar-refractivity contribution is -0.00461. The molecule has 1 aliphatic heterocycles. The quantitative estimate of drug-likeness (QED) is 0.869. The number of nitrogens with zero attached hydrogens (tertiary/aromatic N) is 2. The normalized spacial score (nSPS) is 22.1. The molecule has 3 rings (SSSR count).